The van der Waals surface area contributed by atoms with E-state index in [1.165, 1.54) is 11.7 Å². The molecule has 0 aliphatic heterocycles. The lowest BCUT2D eigenvalue weighted by Crippen LogP contribution is -2.12. The topological polar surface area (TPSA) is 74.1 Å². The molecule has 21 heavy (non-hydrogen) atoms. The minimum atomic E-state index is -3.97. The molecule has 0 unspecified atom stereocenters. The smallest absolute Gasteiger partial charge is 0.296 e. The maximum absolute atomic E-state index is 11.6. The van der Waals surface area contributed by atoms with Crippen molar-refractivity contribution in [3.8, 4) is 11.4 Å². The van der Waals surface area contributed by atoms with Crippen molar-refractivity contribution in [2.24, 2.45) is 0 Å². The Morgan fingerprint density at radius 2 is 2.00 bits per heavy atom. The van der Waals surface area contributed by atoms with Gasteiger partial charge in [0.15, 0.2) is 5.82 Å². The van der Waals surface area contributed by atoms with Gasteiger partial charge in [-0.1, -0.05) is 18.2 Å². The average Bonchev–Trinajstić information content (AvgIpc) is 2.83. The summed E-state index contributed by atoms with van der Waals surface area (Å²) in [6.07, 6.45) is 0. The van der Waals surface area contributed by atoms with Crippen LogP contribution in [0.4, 0.5) is 0 Å². The van der Waals surface area contributed by atoms with Crippen LogP contribution in [-0.2, 0) is 20.3 Å². The standard InChI is InChI=1S/C13H16ClN3O3S/c1-9-5-4-6-11(10(9)2)12-15-16-13(21(14,18)19)17(12)7-8-20-3/h4-6H,7-8H2,1-3H3. The second-order valence-electron chi connectivity index (χ2n) is 4.64. The van der Waals surface area contributed by atoms with Crippen molar-refractivity contribution in [3.05, 3.63) is 29.3 Å². The number of ether oxygens (including phenoxy) is 1. The Kier molecular flexibility index (Phi) is 4.65. The molecule has 1 aromatic carbocycles. The highest BCUT2D eigenvalue weighted by Crippen LogP contribution is 2.26. The third-order valence-electron chi connectivity index (χ3n) is 3.30. The number of nitrogens with zero attached hydrogens (tertiary/aromatic N) is 3. The molecule has 0 saturated heterocycles. The monoisotopic (exact) mass is 329 g/mol. The van der Waals surface area contributed by atoms with Crippen molar-refractivity contribution in [1.82, 2.24) is 14.8 Å². The number of hydrogen-bond acceptors (Lipinski definition) is 5. The van der Waals surface area contributed by atoms with Gasteiger partial charge in [-0.3, -0.25) is 4.57 Å². The lowest BCUT2D eigenvalue weighted by Gasteiger charge is -2.11. The van der Waals surface area contributed by atoms with Gasteiger partial charge in [-0.15, -0.1) is 10.2 Å². The number of aromatic nitrogens is 3. The molecule has 1 aromatic heterocycles. The first-order valence-corrected chi connectivity index (χ1v) is 8.60. The fraction of sp³-hybridized carbons (Fsp3) is 0.385. The fourth-order valence-corrected chi connectivity index (χ4v) is 2.97. The van der Waals surface area contributed by atoms with Crippen LogP contribution in [0, 0.1) is 13.8 Å². The van der Waals surface area contributed by atoms with Gasteiger partial charge >= 0.3 is 0 Å². The lowest BCUT2D eigenvalue weighted by molar-refractivity contribution is 0.185. The highest BCUT2D eigenvalue weighted by atomic mass is 35.7. The summed E-state index contributed by atoms with van der Waals surface area (Å²) in [5.74, 6) is 0.465. The first-order chi connectivity index (χ1) is 9.86. The van der Waals surface area contributed by atoms with Crippen LogP contribution in [0.2, 0.25) is 0 Å². The molecule has 8 heteroatoms. The zero-order valence-corrected chi connectivity index (χ0v) is 13.6. The van der Waals surface area contributed by atoms with Crippen LogP contribution in [0.5, 0.6) is 0 Å². The summed E-state index contributed by atoms with van der Waals surface area (Å²) in [6, 6.07) is 5.75. The van der Waals surface area contributed by atoms with Gasteiger partial charge in [0.25, 0.3) is 14.2 Å². The molecule has 0 N–H and O–H groups in total. The van der Waals surface area contributed by atoms with Gasteiger partial charge in [0.2, 0.25) is 0 Å². The van der Waals surface area contributed by atoms with Crippen LogP contribution in [-0.4, -0.2) is 36.9 Å². The molecule has 1 heterocycles. The number of rotatable bonds is 5. The molecule has 0 saturated carbocycles. The van der Waals surface area contributed by atoms with Gasteiger partial charge in [-0.2, -0.15) is 0 Å². The van der Waals surface area contributed by atoms with E-state index in [2.05, 4.69) is 10.2 Å². The maximum Gasteiger partial charge on any atom is 0.296 e. The second-order valence-corrected chi connectivity index (χ2v) is 7.10. The molecule has 0 aliphatic carbocycles. The number of methoxy groups -OCH3 is 1. The highest BCUT2D eigenvalue weighted by molar-refractivity contribution is 8.13. The van der Waals surface area contributed by atoms with E-state index in [0.717, 1.165) is 16.7 Å². The van der Waals surface area contributed by atoms with Gasteiger partial charge in [0.05, 0.1) is 13.2 Å². The van der Waals surface area contributed by atoms with E-state index < -0.39 is 9.05 Å². The molecular formula is C13H16ClN3O3S. The Morgan fingerprint density at radius 3 is 2.62 bits per heavy atom. The third kappa shape index (κ3) is 3.25. The van der Waals surface area contributed by atoms with Gasteiger partial charge in [0.1, 0.15) is 0 Å². The molecular weight excluding hydrogens is 314 g/mol. The summed E-state index contributed by atoms with van der Waals surface area (Å²) in [6.45, 7) is 4.56. The van der Waals surface area contributed by atoms with Crippen molar-refractivity contribution < 1.29 is 13.2 Å². The first kappa shape index (κ1) is 15.9. The van der Waals surface area contributed by atoms with Crippen LogP contribution in [0.15, 0.2) is 23.4 Å². The van der Waals surface area contributed by atoms with E-state index in [9.17, 15) is 8.42 Å². The van der Waals surface area contributed by atoms with E-state index in [0.29, 0.717) is 19.0 Å². The van der Waals surface area contributed by atoms with Gasteiger partial charge < -0.3 is 4.74 Å². The highest BCUT2D eigenvalue weighted by Gasteiger charge is 2.24. The molecule has 0 amide bonds. The van der Waals surface area contributed by atoms with Crippen LogP contribution < -0.4 is 0 Å². The molecule has 2 rings (SSSR count). The Hall–Kier alpha value is -1.44. The van der Waals surface area contributed by atoms with Gasteiger partial charge in [0, 0.05) is 23.4 Å². The molecule has 0 radical (unpaired) electrons. The largest absolute Gasteiger partial charge is 0.383 e. The van der Waals surface area contributed by atoms with Crippen LogP contribution in [0.3, 0.4) is 0 Å². The van der Waals surface area contributed by atoms with E-state index in [-0.39, 0.29) is 5.16 Å². The molecule has 0 aliphatic rings. The van der Waals surface area contributed by atoms with Gasteiger partial charge in [-0.05, 0) is 25.0 Å². The predicted molar refractivity (Wildman–Crippen MR) is 79.8 cm³/mol. The number of aryl methyl sites for hydroxylation is 1. The van der Waals surface area contributed by atoms with Crippen molar-refractivity contribution in [2.75, 3.05) is 13.7 Å². The number of benzene rings is 1. The van der Waals surface area contributed by atoms with Crippen LogP contribution in [0.25, 0.3) is 11.4 Å². The molecule has 114 valence electrons. The number of hydrogen-bond donors (Lipinski definition) is 0. The zero-order chi connectivity index (χ0) is 15.6. The van der Waals surface area contributed by atoms with E-state index in [4.69, 9.17) is 15.4 Å². The summed E-state index contributed by atoms with van der Waals surface area (Å²) < 4.78 is 29.7. The fourth-order valence-electron chi connectivity index (χ4n) is 2.05. The van der Waals surface area contributed by atoms with E-state index in [1.54, 1.807) is 0 Å². The van der Waals surface area contributed by atoms with E-state index >= 15 is 0 Å². The zero-order valence-electron chi connectivity index (χ0n) is 12.0. The van der Waals surface area contributed by atoms with E-state index in [1.807, 2.05) is 32.0 Å². The molecule has 6 nitrogen and oxygen atoms in total. The summed E-state index contributed by atoms with van der Waals surface area (Å²) in [7, 11) is 2.99. The Balaban J connectivity index is 2.64. The molecule has 2 aromatic rings. The quantitative estimate of drug-likeness (QED) is 0.786. The summed E-state index contributed by atoms with van der Waals surface area (Å²) >= 11 is 0. The lowest BCUT2D eigenvalue weighted by atomic mass is 10.0. The van der Waals surface area contributed by atoms with Crippen molar-refractivity contribution in [3.63, 3.8) is 0 Å². The third-order valence-corrected chi connectivity index (χ3v) is 4.45. The normalized spacial score (nSPS) is 11.8. The second kappa shape index (κ2) is 6.13. The van der Waals surface area contributed by atoms with Crippen molar-refractivity contribution >= 4 is 19.7 Å². The van der Waals surface area contributed by atoms with Crippen molar-refractivity contribution in [2.45, 2.75) is 25.5 Å². The molecule has 0 bridgehead atoms. The summed E-state index contributed by atoms with van der Waals surface area (Å²) in [5.41, 5.74) is 2.93. The SMILES string of the molecule is COCCn1c(-c2cccc(C)c2C)nnc1S(=O)(=O)Cl. The minimum Gasteiger partial charge on any atom is -0.383 e. The van der Waals surface area contributed by atoms with Crippen molar-refractivity contribution in [1.29, 1.82) is 0 Å². The average molecular weight is 330 g/mol. The summed E-state index contributed by atoms with van der Waals surface area (Å²) in [4.78, 5) is 0. The summed E-state index contributed by atoms with van der Waals surface area (Å²) in [5, 5.41) is 7.46. The van der Waals surface area contributed by atoms with Crippen LogP contribution >= 0.6 is 10.7 Å². The minimum absolute atomic E-state index is 0.267. The molecule has 0 spiro atoms. The Labute approximate surface area is 128 Å². The van der Waals surface area contributed by atoms with Crippen LogP contribution in [0.1, 0.15) is 11.1 Å². The maximum atomic E-state index is 11.6. The first-order valence-electron chi connectivity index (χ1n) is 6.29. The molecule has 0 fully saturated rings. The number of halogens is 1. The van der Waals surface area contributed by atoms with Gasteiger partial charge in [-0.25, -0.2) is 8.42 Å². The predicted octanol–water partition coefficient (Wildman–Crippen LogP) is 2.14. The Bertz CT molecular complexity index is 756. The molecule has 0 atom stereocenters. The Morgan fingerprint density at radius 1 is 1.29 bits per heavy atom.